The number of nitrogens with two attached hydrogens (primary N) is 1. The third-order valence-corrected chi connectivity index (χ3v) is 5.58. The molecular weight excluding hydrogens is 486 g/mol. The van der Waals surface area contributed by atoms with Crippen molar-refractivity contribution < 1.29 is 28.5 Å². The number of benzene rings is 2. The summed E-state index contributed by atoms with van der Waals surface area (Å²) in [5.41, 5.74) is 7.23. The van der Waals surface area contributed by atoms with Gasteiger partial charge >= 0.3 is 12.2 Å². The average Bonchev–Trinajstić information content (AvgIpc) is 2.73. The summed E-state index contributed by atoms with van der Waals surface area (Å²) in [5.74, 6) is 0. The van der Waals surface area contributed by atoms with E-state index in [1.165, 1.54) is 0 Å². The highest BCUT2D eigenvalue weighted by Gasteiger charge is 2.35. The number of carbonyl (C=O) groups is 2. The SMILES string of the molecule is CC(C)(CCN(C(=O)OC(C)(C)C)C(=O)OC(C)(C)C)Nc1cc(C2OC(c3ccccc3)O2)ccc1N. The lowest BCUT2D eigenvalue weighted by atomic mass is 9.99. The zero-order chi connectivity index (χ0) is 28.3. The highest BCUT2D eigenvalue weighted by atomic mass is 16.9. The van der Waals surface area contributed by atoms with Gasteiger partial charge in [0.2, 0.25) is 0 Å². The normalized spacial score (nSPS) is 17.8. The molecule has 0 saturated carbocycles. The minimum absolute atomic E-state index is 0.0804. The second-order valence-corrected chi connectivity index (χ2v) is 12.1. The number of nitrogen functional groups attached to an aromatic ring is 1. The Hall–Kier alpha value is -3.30. The van der Waals surface area contributed by atoms with Crippen molar-refractivity contribution in [3.63, 3.8) is 0 Å². The van der Waals surface area contributed by atoms with E-state index in [1.54, 1.807) is 47.6 Å². The van der Waals surface area contributed by atoms with Crippen LogP contribution < -0.4 is 11.1 Å². The molecule has 1 saturated heterocycles. The summed E-state index contributed by atoms with van der Waals surface area (Å²) in [5, 5.41) is 3.44. The molecule has 208 valence electrons. The van der Waals surface area contributed by atoms with Gasteiger partial charge in [0, 0.05) is 23.2 Å². The monoisotopic (exact) mass is 527 g/mol. The maximum atomic E-state index is 12.8. The maximum absolute atomic E-state index is 12.8. The lowest BCUT2D eigenvalue weighted by Crippen LogP contribution is -2.46. The van der Waals surface area contributed by atoms with Crippen molar-refractivity contribution in [2.24, 2.45) is 0 Å². The second-order valence-electron chi connectivity index (χ2n) is 12.1. The zero-order valence-electron chi connectivity index (χ0n) is 23.7. The second kappa shape index (κ2) is 11.2. The van der Waals surface area contributed by atoms with E-state index in [0.717, 1.165) is 16.0 Å². The topological polar surface area (TPSA) is 112 Å². The van der Waals surface area contributed by atoms with Crippen molar-refractivity contribution in [2.75, 3.05) is 17.6 Å². The fourth-order valence-corrected chi connectivity index (χ4v) is 3.70. The van der Waals surface area contributed by atoms with Gasteiger partial charge in [-0.2, -0.15) is 0 Å². The van der Waals surface area contributed by atoms with Gasteiger partial charge in [-0.05, 0) is 73.9 Å². The summed E-state index contributed by atoms with van der Waals surface area (Å²) in [6.07, 6.45) is -2.01. The number of ether oxygens (including phenoxy) is 4. The smallest absolute Gasteiger partial charge is 0.419 e. The molecule has 0 atom stereocenters. The molecule has 0 radical (unpaired) electrons. The first-order valence-corrected chi connectivity index (χ1v) is 12.8. The van der Waals surface area contributed by atoms with Crippen LogP contribution in [0.4, 0.5) is 21.0 Å². The van der Waals surface area contributed by atoms with Gasteiger partial charge in [-0.3, -0.25) is 0 Å². The predicted octanol–water partition coefficient (Wildman–Crippen LogP) is 6.77. The first-order chi connectivity index (χ1) is 17.5. The molecule has 9 nitrogen and oxygen atoms in total. The largest absolute Gasteiger partial charge is 0.443 e. The molecule has 9 heteroatoms. The van der Waals surface area contributed by atoms with Crippen molar-refractivity contribution in [1.29, 1.82) is 0 Å². The van der Waals surface area contributed by atoms with E-state index >= 15 is 0 Å². The molecule has 2 aromatic rings. The van der Waals surface area contributed by atoms with Gasteiger partial charge in [-0.1, -0.05) is 36.4 Å². The van der Waals surface area contributed by atoms with Gasteiger partial charge in [0.1, 0.15) is 11.2 Å². The van der Waals surface area contributed by atoms with Crippen molar-refractivity contribution in [3.05, 3.63) is 59.7 Å². The molecule has 38 heavy (non-hydrogen) atoms. The van der Waals surface area contributed by atoms with Crippen LogP contribution in [0.15, 0.2) is 48.5 Å². The highest BCUT2D eigenvalue weighted by Crippen LogP contribution is 2.42. The average molecular weight is 528 g/mol. The van der Waals surface area contributed by atoms with Crippen molar-refractivity contribution >= 4 is 23.6 Å². The molecule has 0 aromatic heterocycles. The molecule has 0 aliphatic carbocycles. The number of hydrogen-bond acceptors (Lipinski definition) is 8. The number of rotatable bonds is 7. The van der Waals surface area contributed by atoms with Crippen LogP contribution >= 0.6 is 0 Å². The number of imide groups is 1. The number of amides is 2. The molecule has 2 amide bonds. The summed E-state index contributed by atoms with van der Waals surface area (Å²) in [6.45, 7) is 14.5. The van der Waals surface area contributed by atoms with Gasteiger partial charge in [-0.15, -0.1) is 0 Å². The van der Waals surface area contributed by atoms with Gasteiger partial charge < -0.3 is 30.0 Å². The van der Waals surface area contributed by atoms with Crippen LogP contribution in [0.1, 0.15) is 85.5 Å². The summed E-state index contributed by atoms with van der Waals surface area (Å²) in [6, 6.07) is 15.3. The Morgan fingerprint density at radius 3 is 1.89 bits per heavy atom. The quantitative estimate of drug-likeness (QED) is 0.380. The standard InChI is InChI=1S/C29H41N3O6/c1-27(2,3)37-25(33)32(26(34)38-28(4,5)6)17-16-29(7,8)31-22-18-20(14-15-21(22)30)24-35-23(36-24)19-12-10-9-11-13-19/h9-15,18,23-24,31H,16-17,30H2,1-8H3. The Labute approximate surface area is 225 Å². The molecular formula is C29H41N3O6. The van der Waals surface area contributed by atoms with Crippen LogP contribution in [0.3, 0.4) is 0 Å². The molecule has 0 spiro atoms. The van der Waals surface area contributed by atoms with E-state index in [1.807, 2.05) is 56.3 Å². The maximum Gasteiger partial charge on any atom is 0.419 e. The Kier molecular flexibility index (Phi) is 8.63. The number of nitrogens with zero attached hydrogens (tertiary/aromatic N) is 1. The Bertz CT molecular complexity index is 1090. The van der Waals surface area contributed by atoms with E-state index in [-0.39, 0.29) is 6.54 Å². The highest BCUT2D eigenvalue weighted by molar-refractivity contribution is 5.88. The van der Waals surface area contributed by atoms with E-state index < -0.39 is 41.5 Å². The molecule has 0 unspecified atom stereocenters. The van der Waals surface area contributed by atoms with Crippen molar-refractivity contribution in [2.45, 2.75) is 91.1 Å². The van der Waals surface area contributed by atoms with E-state index in [2.05, 4.69) is 5.32 Å². The number of nitrogens with one attached hydrogen (secondary N) is 1. The van der Waals surface area contributed by atoms with Crippen LogP contribution in [-0.4, -0.2) is 40.4 Å². The molecule has 0 bridgehead atoms. The van der Waals surface area contributed by atoms with Crippen molar-refractivity contribution in [1.82, 2.24) is 4.90 Å². The molecule has 3 rings (SSSR count). The van der Waals surface area contributed by atoms with E-state index in [4.69, 9.17) is 24.7 Å². The molecule has 1 fully saturated rings. The van der Waals surface area contributed by atoms with Gasteiger partial charge in [-0.25, -0.2) is 14.5 Å². The summed E-state index contributed by atoms with van der Waals surface area (Å²) < 4.78 is 22.8. The summed E-state index contributed by atoms with van der Waals surface area (Å²) in [4.78, 5) is 26.7. The summed E-state index contributed by atoms with van der Waals surface area (Å²) >= 11 is 0. The fourth-order valence-electron chi connectivity index (χ4n) is 3.70. The Morgan fingerprint density at radius 1 is 0.842 bits per heavy atom. The van der Waals surface area contributed by atoms with Crippen LogP contribution in [-0.2, 0) is 18.9 Å². The third-order valence-electron chi connectivity index (χ3n) is 5.58. The molecule has 3 N–H and O–H groups in total. The molecule has 1 heterocycles. The number of anilines is 2. The van der Waals surface area contributed by atoms with Crippen molar-refractivity contribution in [3.8, 4) is 0 Å². The third kappa shape index (κ3) is 8.36. The molecule has 1 aliphatic rings. The predicted molar refractivity (Wildman–Crippen MR) is 146 cm³/mol. The van der Waals surface area contributed by atoms with Crippen LogP contribution in [0, 0.1) is 0 Å². The van der Waals surface area contributed by atoms with Gasteiger partial charge in [0.15, 0.2) is 12.6 Å². The first kappa shape index (κ1) is 29.3. The van der Waals surface area contributed by atoms with E-state index in [9.17, 15) is 9.59 Å². The lowest BCUT2D eigenvalue weighted by Gasteiger charge is -2.37. The minimum atomic E-state index is -0.759. The molecule has 2 aromatic carbocycles. The van der Waals surface area contributed by atoms with Crippen LogP contribution in [0.5, 0.6) is 0 Å². The molecule has 1 aliphatic heterocycles. The number of hydrogen-bond donors (Lipinski definition) is 2. The first-order valence-electron chi connectivity index (χ1n) is 12.8. The summed E-state index contributed by atoms with van der Waals surface area (Å²) in [7, 11) is 0. The lowest BCUT2D eigenvalue weighted by molar-refractivity contribution is -0.397. The Morgan fingerprint density at radius 2 is 1.37 bits per heavy atom. The van der Waals surface area contributed by atoms with Gasteiger partial charge in [0.25, 0.3) is 0 Å². The minimum Gasteiger partial charge on any atom is -0.443 e. The number of carbonyl (C=O) groups excluding carboxylic acids is 2. The van der Waals surface area contributed by atoms with Gasteiger partial charge in [0.05, 0.1) is 11.4 Å². The van der Waals surface area contributed by atoms with Crippen LogP contribution in [0.2, 0.25) is 0 Å². The van der Waals surface area contributed by atoms with E-state index in [0.29, 0.717) is 17.8 Å². The van der Waals surface area contributed by atoms with Crippen LogP contribution in [0.25, 0.3) is 0 Å². The Balaban J connectivity index is 1.67. The zero-order valence-corrected chi connectivity index (χ0v) is 23.7. The fraction of sp³-hybridized carbons (Fsp3) is 0.517.